The van der Waals surface area contributed by atoms with Gasteiger partial charge < -0.3 is 5.32 Å². The Labute approximate surface area is 118 Å². The van der Waals surface area contributed by atoms with Gasteiger partial charge in [-0.25, -0.2) is 4.39 Å². The highest BCUT2D eigenvalue weighted by atomic mass is 35.5. The Bertz CT molecular complexity index is 538. The lowest BCUT2D eigenvalue weighted by Gasteiger charge is -2.30. The lowest BCUT2D eigenvalue weighted by molar-refractivity contribution is -0.258. The smallest absolute Gasteiger partial charge is 0.324 e. The zero-order valence-corrected chi connectivity index (χ0v) is 10.9. The second-order valence-corrected chi connectivity index (χ2v) is 4.63. The van der Waals surface area contributed by atoms with Crippen LogP contribution in [0, 0.1) is 12.7 Å². The molecular formula is C11H7ClF7NO. The third kappa shape index (κ3) is 3.22. The monoisotopic (exact) mass is 337 g/mol. The number of halogens is 8. The van der Waals surface area contributed by atoms with Gasteiger partial charge in [0.2, 0.25) is 0 Å². The Hall–Kier alpha value is -1.51. The quantitative estimate of drug-likeness (QED) is 0.637. The maximum absolute atomic E-state index is 12.8. The van der Waals surface area contributed by atoms with Crippen molar-refractivity contribution in [3.8, 4) is 0 Å². The average molecular weight is 338 g/mol. The fraction of sp³-hybridized carbons (Fsp3) is 0.364. The van der Waals surface area contributed by atoms with Gasteiger partial charge in [-0.05, 0) is 30.7 Å². The van der Waals surface area contributed by atoms with Crippen molar-refractivity contribution in [2.75, 3.05) is 5.32 Å². The van der Waals surface area contributed by atoms with Crippen LogP contribution in [0.25, 0.3) is 0 Å². The van der Waals surface area contributed by atoms with Gasteiger partial charge in [0.25, 0.3) is 5.91 Å². The highest BCUT2D eigenvalue weighted by Gasteiger charge is 2.75. The predicted octanol–water partition coefficient (Wildman–Crippen LogP) is 4.17. The largest absolute Gasteiger partial charge is 0.425 e. The van der Waals surface area contributed by atoms with Crippen molar-refractivity contribution in [1.82, 2.24) is 0 Å². The van der Waals surface area contributed by atoms with Gasteiger partial charge >= 0.3 is 17.2 Å². The van der Waals surface area contributed by atoms with Gasteiger partial charge in [0.15, 0.2) is 0 Å². The van der Waals surface area contributed by atoms with Crippen molar-refractivity contribution >= 4 is 23.2 Å². The topological polar surface area (TPSA) is 29.1 Å². The van der Waals surface area contributed by atoms with E-state index in [2.05, 4.69) is 11.6 Å². The fourth-order valence-corrected chi connectivity index (χ4v) is 1.44. The lowest BCUT2D eigenvalue weighted by Crippen LogP contribution is -2.60. The number of aryl methyl sites for hydroxylation is 1. The van der Waals surface area contributed by atoms with Gasteiger partial charge in [0.1, 0.15) is 5.82 Å². The normalized spacial score (nSPS) is 13.2. The minimum atomic E-state index is -6.06. The summed E-state index contributed by atoms with van der Waals surface area (Å²) in [6, 6.07) is 2.42. The van der Waals surface area contributed by atoms with Crippen molar-refractivity contribution < 1.29 is 35.5 Å². The molecule has 0 aliphatic carbocycles. The third-order valence-electron chi connectivity index (χ3n) is 2.53. The molecule has 0 heterocycles. The number of rotatable bonds is 2. The summed E-state index contributed by atoms with van der Waals surface area (Å²) >= 11 is 4.54. The highest BCUT2D eigenvalue weighted by molar-refractivity contribution is 6.38. The number of carbonyl (C=O) groups excluding carboxylic acids is 1. The summed E-state index contributed by atoms with van der Waals surface area (Å²) in [7, 11) is 0. The van der Waals surface area contributed by atoms with Crippen LogP contribution in [0.3, 0.4) is 0 Å². The Morgan fingerprint density at radius 1 is 1.10 bits per heavy atom. The summed E-state index contributed by atoms with van der Waals surface area (Å²) in [6.07, 6.45) is -12.1. The van der Waals surface area contributed by atoms with E-state index in [-0.39, 0.29) is 5.56 Å². The van der Waals surface area contributed by atoms with E-state index >= 15 is 0 Å². The average Bonchev–Trinajstić information content (AvgIpc) is 2.28. The zero-order chi connectivity index (χ0) is 16.6. The molecule has 118 valence electrons. The van der Waals surface area contributed by atoms with Crippen LogP contribution in [-0.2, 0) is 4.79 Å². The van der Waals surface area contributed by atoms with Crippen molar-refractivity contribution in [3.63, 3.8) is 0 Å². The molecule has 0 radical (unpaired) electrons. The van der Waals surface area contributed by atoms with Crippen molar-refractivity contribution in [2.24, 2.45) is 0 Å². The van der Waals surface area contributed by atoms with Crippen LogP contribution in [-0.4, -0.2) is 23.1 Å². The molecule has 1 N–H and O–H groups in total. The molecule has 0 saturated heterocycles. The van der Waals surface area contributed by atoms with Crippen LogP contribution in [0.1, 0.15) is 5.56 Å². The van der Waals surface area contributed by atoms with Gasteiger partial charge in [-0.15, -0.1) is 0 Å². The fourth-order valence-electron chi connectivity index (χ4n) is 1.39. The zero-order valence-electron chi connectivity index (χ0n) is 10.2. The first-order valence-electron chi connectivity index (χ1n) is 5.20. The summed E-state index contributed by atoms with van der Waals surface area (Å²) in [5.41, 5.74) is -0.480. The SMILES string of the molecule is Cc1cc(F)ccc1NC(=O)C(Cl)(C(F)(F)F)C(F)(F)F. The molecule has 0 unspecified atom stereocenters. The maximum Gasteiger partial charge on any atom is 0.425 e. The Kier molecular flexibility index (Phi) is 4.48. The lowest BCUT2D eigenvalue weighted by atomic mass is 10.1. The maximum atomic E-state index is 12.8. The van der Waals surface area contributed by atoms with E-state index in [0.29, 0.717) is 0 Å². The predicted molar refractivity (Wildman–Crippen MR) is 60.5 cm³/mol. The Balaban J connectivity index is 3.20. The number of amides is 1. The molecular weight excluding hydrogens is 331 g/mol. The number of benzene rings is 1. The van der Waals surface area contributed by atoms with Gasteiger partial charge in [0, 0.05) is 5.69 Å². The Morgan fingerprint density at radius 3 is 1.95 bits per heavy atom. The molecule has 1 aromatic rings. The van der Waals surface area contributed by atoms with Crippen molar-refractivity contribution in [2.45, 2.75) is 24.2 Å². The standard InChI is InChI=1S/C11H7ClF7NO/c1-5-4-6(13)2-3-7(5)20-8(21)9(12,10(14,15)16)11(17,18)19/h2-4H,1H3,(H,20,21). The van der Waals surface area contributed by atoms with E-state index in [1.165, 1.54) is 12.2 Å². The van der Waals surface area contributed by atoms with Crippen molar-refractivity contribution in [1.29, 1.82) is 0 Å². The van der Waals surface area contributed by atoms with Crippen LogP contribution >= 0.6 is 11.6 Å². The first kappa shape index (κ1) is 17.5. The summed E-state index contributed by atoms with van der Waals surface area (Å²) in [4.78, 5) is 6.29. The molecule has 0 bridgehead atoms. The van der Waals surface area contributed by atoms with E-state index in [9.17, 15) is 35.5 Å². The number of carbonyl (C=O) groups is 1. The number of alkyl halides is 7. The summed E-state index contributed by atoms with van der Waals surface area (Å²) in [5, 5.41) is 1.41. The molecule has 2 nitrogen and oxygen atoms in total. The minimum Gasteiger partial charge on any atom is -0.324 e. The first-order valence-corrected chi connectivity index (χ1v) is 5.58. The molecule has 1 aromatic carbocycles. The molecule has 0 saturated carbocycles. The molecule has 0 aliphatic heterocycles. The molecule has 0 spiro atoms. The molecule has 1 rings (SSSR count). The van der Waals surface area contributed by atoms with Crippen LogP contribution in [0.15, 0.2) is 18.2 Å². The van der Waals surface area contributed by atoms with Crippen molar-refractivity contribution in [3.05, 3.63) is 29.6 Å². The third-order valence-corrected chi connectivity index (χ3v) is 3.13. The van der Waals surface area contributed by atoms with Crippen LogP contribution in [0.5, 0.6) is 0 Å². The van der Waals surface area contributed by atoms with E-state index in [4.69, 9.17) is 0 Å². The van der Waals surface area contributed by atoms with Gasteiger partial charge in [0.05, 0.1) is 0 Å². The molecule has 10 heteroatoms. The van der Waals surface area contributed by atoms with E-state index in [1.807, 2.05) is 0 Å². The highest BCUT2D eigenvalue weighted by Crippen LogP contribution is 2.48. The number of hydrogen-bond acceptors (Lipinski definition) is 1. The van der Waals surface area contributed by atoms with Gasteiger partial charge in [-0.3, -0.25) is 4.79 Å². The number of anilines is 1. The molecule has 0 fully saturated rings. The molecule has 0 aromatic heterocycles. The molecule has 1 amide bonds. The number of hydrogen-bond donors (Lipinski definition) is 1. The van der Waals surface area contributed by atoms with Crippen LogP contribution in [0.2, 0.25) is 0 Å². The summed E-state index contributed by atoms with van der Waals surface area (Å²) in [6.45, 7) is 1.19. The Morgan fingerprint density at radius 2 is 1.57 bits per heavy atom. The second kappa shape index (κ2) is 5.36. The summed E-state index contributed by atoms with van der Waals surface area (Å²) < 4.78 is 88.1. The molecule has 21 heavy (non-hydrogen) atoms. The van der Waals surface area contributed by atoms with E-state index in [1.54, 1.807) is 0 Å². The van der Waals surface area contributed by atoms with Gasteiger partial charge in [-0.1, -0.05) is 11.6 Å². The van der Waals surface area contributed by atoms with Crippen LogP contribution in [0.4, 0.5) is 36.4 Å². The summed E-state index contributed by atoms with van der Waals surface area (Å²) in [5.74, 6) is -3.28. The molecule has 0 aliphatic rings. The first-order chi connectivity index (χ1) is 9.30. The number of nitrogens with one attached hydrogen (secondary N) is 1. The van der Waals surface area contributed by atoms with E-state index in [0.717, 1.165) is 18.2 Å². The van der Waals surface area contributed by atoms with Gasteiger partial charge in [-0.2, -0.15) is 26.3 Å². The minimum absolute atomic E-state index is 0.0632. The van der Waals surface area contributed by atoms with E-state index < -0.39 is 34.6 Å². The van der Waals surface area contributed by atoms with Crippen LogP contribution < -0.4 is 5.32 Å². The molecule has 0 atom stereocenters. The second-order valence-electron chi connectivity index (χ2n) is 4.07.